The number of carbonyl (C=O) groups excluding carboxylic acids is 1. The first kappa shape index (κ1) is 24.8. The number of rotatable bonds is 7. The van der Waals surface area contributed by atoms with Gasteiger partial charge in [0.25, 0.3) is 5.56 Å². The third-order valence-electron chi connectivity index (χ3n) is 5.51. The number of hydrogen-bond acceptors (Lipinski definition) is 7. The minimum absolute atomic E-state index is 0.200. The Balaban J connectivity index is 1.98. The minimum Gasteiger partial charge on any atom is -0.493 e. The first-order chi connectivity index (χ1) is 16.9. The van der Waals surface area contributed by atoms with E-state index in [2.05, 4.69) is 4.99 Å². The Morgan fingerprint density at radius 1 is 1.17 bits per heavy atom. The number of carbonyl (C=O) groups is 1. The molecule has 3 aromatic rings. The molecule has 7 nitrogen and oxygen atoms in total. The molecule has 35 heavy (non-hydrogen) atoms. The number of halogens is 1. The van der Waals surface area contributed by atoms with Crippen molar-refractivity contribution in [3.63, 3.8) is 0 Å². The van der Waals surface area contributed by atoms with Crippen molar-refractivity contribution in [2.45, 2.75) is 26.8 Å². The molecule has 0 spiro atoms. The van der Waals surface area contributed by atoms with Gasteiger partial charge in [-0.15, -0.1) is 0 Å². The van der Waals surface area contributed by atoms with Gasteiger partial charge in [0.05, 0.1) is 42.2 Å². The van der Waals surface area contributed by atoms with E-state index >= 15 is 0 Å². The molecule has 1 aromatic heterocycles. The van der Waals surface area contributed by atoms with Crippen molar-refractivity contribution in [3.8, 4) is 11.5 Å². The Morgan fingerprint density at radius 3 is 2.63 bits per heavy atom. The van der Waals surface area contributed by atoms with E-state index in [0.29, 0.717) is 49.3 Å². The number of nitrogens with zero attached hydrogens (tertiary/aromatic N) is 2. The van der Waals surface area contributed by atoms with Crippen molar-refractivity contribution in [2.24, 2.45) is 4.99 Å². The maximum Gasteiger partial charge on any atom is 0.338 e. The second-order valence-electron chi connectivity index (χ2n) is 7.67. The molecule has 1 unspecified atom stereocenters. The fourth-order valence-electron chi connectivity index (χ4n) is 3.97. The summed E-state index contributed by atoms with van der Waals surface area (Å²) in [6.07, 6.45) is 1.74. The predicted octanol–water partition coefficient (Wildman–Crippen LogP) is 3.86. The van der Waals surface area contributed by atoms with Crippen molar-refractivity contribution in [2.75, 3.05) is 20.3 Å². The molecule has 2 heterocycles. The van der Waals surface area contributed by atoms with Crippen LogP contribution in [0.1, 0.15) is 37.9 Å². The van der Waals surface area contributed by atoms with Crippen LogP contribution in [0.3, 0.4) is 0 Å². The van der Waals surface area contributed by atoms with Gasteiger partial charge in [-0.3, -0.25) is 9.36 Å². The van der Waals surface area contributed by atoms with Crippen LogP contribution in [0.25, 0.3) is 6.08 Å². The predicted molar refractivity (Wildman–Crippen MR) is 136 cm³/mol. The number of esters is 1. The molecule has 4 rings (SSSR count). The smallest absolute Gasteiger partial charge is 0.338 e. The van der Waals surface area contributed by atoms with E-state index in [9.17, 15) is 9.59 Å². The number of ether oxygens (including phenoxy) is 3. The number of fused-ring (bicyclic) bond motifs is 1. The lowest BCUT2D eigenvalue weighted by molar-refractivity contribution is -0.139. The molecule has 0 radical (unpaired) electrons. The summed E-state index contributed by atoms with van der Waals surface area (Å²) < 4.78 is 18.5. The van der Waals surface area contributed by atoms with Crippen LogP contribution < -0.4 is 24.4 Å². The van der Waals surface area contributed by atoms with Gasteiger partial charge in [-0.25, -0.2) is 9.79 Å². The van der Waals surface area contributed by atoms with Crippen molar-refractivity contribution in [1.82, 2.24) is 4.57 Å². The zero-order chi connectivity index (χ0) is 25.1. The second-order valence-corrected chi connectivity index (χ2v) is 9.08. The van der Waals surface area contributed by atoms with Crippen LogP contribution in [0.2, 0.25) is 5.02 Å². The van der Waals surface area contributed by atoms with Crippen molar-refractivity contribution in [3.05, 3.63) is 89.6 Å². The van der Waals surface area contributed by atoms with Gasteiger partial charge in [-0.05, 0) is 56.2 Å². The van der Waals surface area contributed by atoms with Crippen LogP contribution in [0.15, 0.2) is 63.5 Å². The third kappa shape index (κ3) is 4.76. The first-order valence-electron chi connectivity index (χ1n) is 11.1. The van der Waals surface area contributed by atoms with E-state index in [-0.39, 0.29) is 12.2 Å². The summed E-state index contributed by atoms with van der Waals surface area (Å²) in [6, 6.07) is 11.9. The highest BCUT2D eigenvalue weighted by Gasteiger charge is 2.34. The topological polar surface area (TPSA) is 79.1 Å². The third-order valence-corrected chi connectivity index (χ3v) is 6.84. The van der Waals surface area contributed by atoms with Gasteiger partial charge in [0.2, 0.25) is 0 Å². The summed E-state index contributed by atoms with van der Waals surface area (Å²) in [5.41, 5.74) is 1.92. The number of benzene rings is 2. The van der Waals surface area contributed by atoms with E-state index in [0.717, 1.165) is 5.56 Å². The van der Waals surface area contributed by atoms with Gasteiger partial charge in [0.15, 0.2) is 16.3 Å². The molecule has 2 aromatic carbocycles. The SMILES string of the molecule is CCOC(=O)C1=C(C)N=c2sc(=Cc3ccccc3Cl)c(=O)n2C1c1ccc(OC)c(OCC)c1. The zero-order valence-corrected chi connectivity index (χ0v) is 21.4. The molecule has 0 saturated carbocycles. The van der Waals surface area contributed by atoms with Crippen molar-refractivity contribution >= 4 is 35.0 Å². The lowest BCUT2D eigenvalue weighted by Crippen LogP contribution is -2.40. The molecule has 0 aliphatic carbocycles. The van der Waals surface area contributed by atoms with Gasteiger partial charge in [-0.2, -0.15) is 0 Å². The molecular weight excluding hydrogens is 488 g/mol. The van der Waals surface area contributed by atoms with Gasteiger partial charge in [0, 0.05) is 5.02 Å². The van der Waals surface area contributed by atoms with Gasteiger partial charge >= 0.3 is 5.97 Å². The maximum absolute atomic E-state index is 13.7. The summed E-state index contributed by atoms with van der Waals surface area (Å²) in [5.74, 6) is 0.552. The monoisotopic (exact) mass is 512 g/mol. The quantitative estimate of drug-likeness (QED) is 0.449. The molecular formula is C26H25ClN2O5S. The lowest BCUT2D eigenvalue weighted by Gasteiger charge is -2.25. The average Bonchev–Trinajstić information content (AvgIpc) is 3.14. The Kier molecular flexibility index (Phi) is 7.42. The summed E-state index contributed by atoms with van der Waals surface area (Å²) >= 11 is 7.57. The second kappa shape index (κ2) is 10.5. The molecule has 1 aliphatic heterocycles. The molecule has 0 N–H and O–H groups in total. The summed E-state index contributed by atoms with van der Waals surface area (Å²) in [6.45, 7) is 5.99. The fraction of sp³-hybridized carbons (Fsp3) is 0.269. The highest BCUT2D eigenvalue weighted by Crippen LogP contribution is 2.36. The number of hydrogen-bond donors (Lipinski definition) is 0. The van der Waals surface area contributed by atoms with Crippen LogP contribution in [-0.2, 0) is 9.53 Å². The van der Waals surface area contributed by atoms with Crippen LogP contribution >= 0.6 is 22.9 Å². The number of allylic oxidation sites excluding steroid dienone is 1. The normalized spacial score (nSPS) is 15.5. The Morgan fingerprint density at radius 2 is 1.94 bits per heavy atom. The van der Waals surface area contributed by atoms with Crippen molar-refractivity contribution < 1.29 is 19.0 Å². The highest BCUT2D eigenvalue weighted by atomic mass is 35.5. The summed E-state index contributed by atoms with van der Waals surface area (Å²) in [7, 11) is 1.56. The summed E-state index contributed by atoms with van der Waals surface area (Å²) in [5, 5.41) is 0.537. The molecule has 1 aliphatic rings. The van der Waals surface area contributed by atoms with E-state index in [1.807, 2.05) is 31.2 Å². The van der Waals surface area contributed by atoms with Crippen LogP contribution in [0, 0.1) is 0 Å². The molecule has 0 bridgehead atoms. The van der Waals surface area contributed by atoms with Crippen LogP contribution in [0.4, 0.5) is 0 Å². The first-order valence-corrected chi connectivity index (χ1v) is 12.3. The number of thiazole rings is 1. The van der Waals surface area contributed by atoms with E-state index in [1.165, 1.54) is 15.9 Å². The molecule has 9 heteroatoms. The number of aromatic nitrogens is 1. The van der Waals surface area contributed by atoms with Crippen LogP contribution in [0.5, 0.6) is 11.5 Å². The fourth-order valence-corrected chi connectivity index (χ4v) is 5.20. The van der Waals surface area contributed by atoms with Crippen LogP contribution in [-0.4, -0.2) is 30.9 Å². The van der Waals surface area contributed by atoms with Gasteiger partial charge in [0.1, 0.15) is 0 Å². The van der Waals surface area contributed by atoms with Gasteiger partial charge in [-0.1, -0.05) is 47.2 Å². The zero-order valence-electron chi connectivity index (χ0n) is 19.8. The Hall–Kier alpha value is -3.36. The maximum atomic E-state index is 13.7. The highest BCUT2D eigenvalue weighted by molar-refractivity contribution is 7.07. The lowest BCUT2D eigenvalue weighted by atomic mass is 9.95. The Bertz CT molecular complexity index is 1490. The molecule has 182 valence electrons. The molecule has 0 saturated heterocycles. The molecule has 0 amide bonds. The van der Waals surface area contributed by atoms with E-state index < -0.39 is 12.0 Å². The number of methoxy groups -OCH3 is 1. The standard InChI is InChI=1S/C26H25ClN2O5S/c1-5-33-20-13-17(11-12-19(20)32-4)23-22(25(31)34-6-2)15(3)28-26-29(23)24(30)21(35-26)14-16-9-7-8-10-18(16)27/h7-14,23H,5-6H2,1-4H3. The van der Waals surface area contributed by atoms with E-state index in [1.54, 1.807) is 45.2 Å². The largest absolute Gasteiger partial charge is 0.493 e. The van der Waals surface area contributed by atoms with Crippen molar-refractivity contribution in [1.29, 1.82) is 0 Å². The van der Waals surface area contributed by atoms with Gasteiger partial charge < -0.3 is 14.2 Å². The van der Waals surface area contributed by atoms with E-state index in [4.69, 9.17) is 25.8 Å². The Labute approximate surface area is 211 Å². The minimum atomic E-state index is -0.746. The molecule has 0 fully saturated rings. The molecule has 1 atom stereocenters. The average molecular weight is 513 g/mol. The summed E-state index contributed by atoms with van der Waals surface area (Å²) in [4.78, 5) is 31.8.